The predicted octanol–water partition coefficient (Wildman–Crippen LogP) is 4.17. The summed E-state index contributed by atoms with van der Waals surface area (Å²) in [5, 5.41) is 3.47. The summed E-state index contributed by atoms with van der Waals surface area (Å²) in [6.07, 6.45) is 11.4. The van der Waals surface area contributed by atoms with E-state index in [2.05, 4.69) is 22.4 Å². The molecule has 3 heterocycles. The van der Waals surface area contributed by atoms with Crippen LogP contribution in [0.1, 0.15) is 56.2 Å². The number of halogens is 1. The minimum Gasteiger partial charge on any atom is -0.479 e. The lowest BCUT2D eigenvalue weighted by molar-refractivity contribution is -0.104. The van der Waals surface area contributed by atoms with E-state index in [0.29, 0.717) is 6.54 Å². The Balaban J connectivity index is 1.43. The zero-order valence-electron chi connectivity index (χ0n) is 17.1. The van der Waals surface area contributed by atoms with Crippen molar-refractivity contribution in [3.8, 4) is 5.88 Å². The Morgan fingerprint density at radius 2 is 2.07 bits per heavy atom. The van der Waals surface area contributed by atoms with Gasteiger partial charge in [-0.15, -0.1) is 0 Å². The number of hydrogen-bond donors (Lipinski definition) is 1. The van der Waals surface area contributed by atoms with Gasteiger partial charge in [0.25, 0.3) is 0 Å². The normalized spacial score (nSPS) is 23.4. The molecule has 1 saturated carbocycles. The highest BCUT2D eigenvalue weighted by atomic mass is 19.1. The number of rotatable bonds is 7. The van der Waals surface area contributed by atoms with Crippen LogP contribution in [0.3, 0.4) is 0 Å². The Morgan fingerprint density at radius 3 is 2.79 bits per heavy atom. The Labute approximate surface area is 172 Å². The van der Waals surface area contributed by atoms with E-state index in [-0.39, 0.29) is 16.9 Å². The largest absolute Gasteiger partial charge is 0.479 e. The maximum Gasteiger partial charge on any atom is 0.250 e. The average Bonchev–Trinajstić information content (AvgIpc) is 3.19. The first-order valence-corrected chi connectivity index (χ1v) is 10.6. The van der Waals surface area contributed by atoms with Crippen LogP contribution in [-0.4, -0.2) is 35.8 Å². The van der Waals surface area contributed by atoms with E-state index in [0.717, 1.165) is 50.8 Å². The van der Waals surface area contributed by atoms with Crippen LogP contribution in [0.5, 0.6) is 5.88 Å². The molecule has 2 fully saturated rings. The second-order valence-electron chi connectivity index (χ2n) is 8.42. The van der Waals surface area contributed by atoms with Crippen molar-refractivity contribution in [3.05, 3.63) is 53.7 Å². The number of nitrogens with zero attached hydrogens (tertiary/aromatic N) is 2. The molecule has 0 aromatic carbocycles. The van der Waals surface area contributed by atoms with Gasteiger partial charge in [0.05, 0.1) is 12.7 Å². The lowest BCUT2D eigenvalue weighted by Crippen LogP contribution is -2.47. The van der Waals surface area contributed by atoms with Crippen molar-refractivity contribution in [2.75, 3.05) is 20.3 Å². The minimum absolute atomic E-state index is 0.0266. The highest BCUT2D eigenvalue weighted by molar-refractivity contribution is 5.22. The first-order valence-electron chi connectivity index (χ1n) is 10.6. The molecule has 1 aliphatic heterocycles. The van der Waals surface area contributed by atoms with Gasteiger partial charge in [0.2, 0.25) is 5.88 Å². The summed E-state index contributed by atoms with van der Waals surface area (Å²) < 4.78 is 25.1. The quantitative estimate of drug-likeness (QED) is 0.709. The molecule has 5 nitrogen and oxygen atoms in total. The molecule has 6 heteroatoms. The van der Waals surface area contributed by atoms with E-state index in [9.17, 15) is 4.39 Å². The molecule has 0 amide bonds. The first kappa shape index (κ1) is 20.2. The number of hydrogen-bond acceptors (Lipinski definition) is 5. The van der Waals surface area contributed by atoms with E-state index in [1.807, 2.05) is 12.3 Å². The van der Waals surface area contributed by atoms with Crippen LogP contribution >= 0.6 is 0 Å². The van der Waals surface area contributed by atoms with Gasteiger partial charge in [0.1, 0.15) is 0 Å². The van der Waals surface area contributed by atoms with Crippen molar-refractivity contribution in [1.29, 1.82) is 0 Å². The number of pyridine rings is 2. The summed E-state index contributed by atoms with van der Waals surface area (Å²) in [6.45, 7) is 2.21. The Hall–Kier alpha value is -2.05. The smallest absolute Gasteiger partial charge is 0.250 e. The molecule has 29 heavy (non-hydrogen) atoms. The van der Waals surface area contributed by atoms with Crippen molar-refractivity contribution in [1.82, 2.24) is 15.3 Å². The van der Waals surface area contributed by atoms with E-state index in [4.69, 9.17) is 14.5 Å². The van der Waals surface area contributed by atoms with Crippen LogP contribution in [-0.2, 0) is 16.7 Å². The molecule has 1 N–H and O–H groups in total. The zero-order valence-corrected chi connectivity index (χ0v) is 17.1. The van der Waals surface area contributed by atoms with Crippen LogP contribution in [0.15, 0.2) is 36.7 Å². The van der Waals surface area contributed by atoms with E-state index in [1.54, 1.807) is 6.20 Å². The number of nitrogens with one attached hydrogen (secondary N) is 1. The van der Waals surface area contributed by atoms with Gasteiger partial charge < -0.3 is 14.8 Å². The van der Waals surface area contributed by atoms with Gasteiger partial charge in [-0.3, -0.25) is 4.98 Å². The van der Waals surface area contributed by atoms with Crippen LogP contribution in [0, 0.1) is 5.82 Å². The third-order valence-electron chi connectivity index (χ3n) is 6.54. The SMILES string of the molecule is COc1ncc(CNCC[C@]2(c3ccccn3)CCOC3(CCCC3)C2)cc1F. The minimum atomic E-state index is -0.427. The topological polar surface area (TPSA) is 56.3 Å². The van der Waals surface area contributed by atoms with Gasteiger partial charge in [-0.2, -0.15) is 0 Å². The molecule has 2 aliphatic rings. The lowest BCUT2D eigenvalue weighted by Gasteiger charge is -2.46. The van der Waals surface area contributed by atoms with Gasteiger partial charge in [0, 0.05) is 36.7 Å². The molecule has 2 aromatic heterocycles. The van der Waals surface area contributed by atoms with Crippen molar-refractivity contribution in [2.45, 2.75) is 62.5 Å². The average molecular weight is 400 g/mol. The lowest BCUT2D eigenvalue weighted by atomic mass is 9.68. The van der Waals surface area contributed by atoms with Gasteiger partial charge >= 0.3 is 0 Å². The third kappa shape index (κ3) is 4.43. The molecule has 1 aliphatic carbocycles. The van der Waals surface area contributed by atoms with Gasteiger partial charge in [0.15, 0.2) is 5.82 Å². The van der Waals surface area contributed by atoms with Crippen molar-refractivity contribution in [2.24, 2.45) is 0 Å². The molecule has 0 bridgehead atoms. The Morgan fingerprint density at radius 1 is 1.21 bits per heavy atom. The number of methoxy groups -OCH3 is 1. The highest BCUT2D eigenvalue weighted by Crippen LogP contribution is 2.49. The van der Waals surface area contributed by atoms with Crippen molar-refractivity contribution >= 4 is 0 Å². The molecular weight excluding hydrogens is 369 g/mol. The fourth-order valence-corrected chi connectivity index (χ4v) is 5.07. The molecule has 1 atom stereocenters. The van der Waals surface area contributed by atoms with E-state index in [1.165, 1.54) is 31.7 Å². The summed E-state index contributed by atoms with van der Waals surface area (Å²) >= 11 is 0. The zero-order chi connectivity index (χ0) is 20.2. The molecular formula is C23H30FN3O2. The van der Waals surface area contributed by atoms with Gasteiger partial charge in [-0.05, 0) is 62.4 Å². The molecule has 4 rings (SSSR count). The maximum atomic E-state index is 13.9. The summed E-state index contributed by atoms with van der Waals surface area (Å²) in [5.74, 6) is -0.392. The van der Waals surface area contributed by atoms with Gasteiger partial charge in [-0.1, -0.05) is 18.9 Å². The molecule has 2 aromatic rings. The molecule has 0 unspecified atom stereocenters. The number of ether oxygens (including phenoxy) is 2. The summed E-state index contributed by atoms with van der Waals surface area (Å²) in [5.41, 5.74) is 2.04. The van der Waals surface area contributed by atoms with E-state index >= 15 is 0 Å². The molecule has 1 spiro atoms. The Bertz CT molecular complexity index is 811. The van der Waals surface area contributed by atoms with Crippen LogP contribution in [0.4, 0.5) is 4.39 Å². The fraction of sp³-hybridized carbons (Fsp3) is 0.565. The summed E-state index contributed by atoms with van der Waals surface area (Å²) in [7, 11) is 1.42. The summed E-state index contributed by atoms with van der Waals surface area (Å²) in [6, 6.07) is 7.71. The second-order valence-corrected chi connectivity index (χ2v) is 8.42. The molecule has 1 saturated heterocycles. The third-order valence-corrected chi connectivity index (χ3v) is 6.54. The van der Waals surface area contributed by atoms with Crippen LogP contribution in [0.25, 0.3) is 0 Å². The van der Waals surface area contributed by atoms with Crippen LogP contribution < -0.4 is 10.1 Å². The van der Waals surface area contributed by atoms with Crippen molar-refractivity contribution < 1.29 is 13.9 Å². The standard InChI is InChI=1S/C23H30FN3O2/c1-28-21-19(24)14-18(16-27-21)15-25-12-9-22(20-6-2-5-11-26-20)10-13-29-23(17-22)7-3-4-8-23/h2,5-6,11,14,16,25H,3-4,7-10,12-13,15,17H2,1H3/t22-/m0/s1. The van der Waals surface area contributed by atoms with Crippen LogP contribution in [0.2, 0.25) is 0 Å². The monoisotopic (exact) mass is 399 g/mol. The molecule has 156 valence electrons. The van der Waals surface area contributed by atoms with E-state index < -0.39 is 5.82 Å². The first-order chi connectivity index (χ1) is 14.1. The highest BCUT2D eigenvalue weighted by Gasteiger charge is 2.48. The predicted molar refractivity (Wildman–Crippen MR) is 109 cm³/mol. The van der Waals surface area contributed by atoms with Gasteiger partial charge in [-0.25, -0.2) is 9.37 Å². The Kier molecular flexibility index (Phi) is 6.11. The molecule has 0 radical (unpaired) electrons. The number of aromatic nitrogens is 2. The summed E-state index contributed by atoms with van der Waals surface area (Å²) in [4.78, 5) is 8.75. The van der Waals surface area contributed by atoms with Crippen molar-refractivity contribution in [3.63, 3.8) is 0 Å². The fourth-order valence-electron chi connectivity index (χ4n) is 5.07. The second kappa shape index (κ2) is 8.76. The maximum absolute atomic E-state index is 13.9.